The van der Waals surface area contributed by atoms with Crippen molar-refractivity contribution in [2.45, 2.75) is 0 Å². The third-order valence-electron chi connectivity index (χ3n) is 0.957. The summed E-state index contributed by atoms with van der Waals surface area (Å²) in [4.78, 5) is 0. The molecule has 0 atom stereocenters. The summed E-state index contributed by atoms with van der Waals surface area (Å²) in [5, 5.41) is 6.44. The monoisotopic (exact) mass is 150 g/mol. The Morgan fingerprint density at radius 1 is 0.889 bits per heavy atom. The van der Waals surface area contributed by atoms with Crippen LogP contribution in [0, 0.1) is 0 Å². The average Bonchev–Trinajstić information content (AvgIpc) is 1.93. The van der Waals surface area contributed by atoms with Crippen molar-refractivity contribution < 1.29 is 8.42 Å². The second-order valence-corrected chi connectivity index (χ2v) is 1.70. The zero-order valence-electron chi connectivity index (χ0n) is 5.05. The molecule has 0 saturated carbocycles. The Morgan fingerprint density at radius 3 is 1.22 bits per heavy atom. The SMILES string of the molecule is C1CNCCN1.O=S=O. The second-order valence-electron chi connectivity index (χ2n) is 1.57. The molecule has 4 nitrogen and oxygen atoms in total. The quantitative estimate of drug-likeness (QED) is 0.441. The number of hydrogen-bond acceptors (Lipinski definition) is 4. The molecule has 0 aromatic rings. The lowest BCUT2D eigenvalue weighted by Gasteiger charge is -2.11. The van der Waals surface area contributed by atoms with E-state index in [0.717, 1.165) is 26.2 Å². The van der Waals surface area contributed by atoms with E-state index < -0.39 is 11.6 Å². The van der Waals surface area contributed by atoms with Gasteiger partial charge in [-0.25, -0.2) is 0 Å². The van der Waals surface area contributed by atoms with Crippen molar-refractivity contribution in [1.82, 2.24) is 10.6 Å². The van der Waals surface area contributed by atoms with E-state index in [1.165, 1.54) is 0 Å². The summed E-state index contributed by atoms with van der Waals surface area (Å²) in [6.07, 6.45) is 0. The van der Waals surface area contributed by atoms with Crippen molar-refractivity contribution >= 4 is 11.6 Å². The van der Waals surface area contributed by atoms with E-state index in [1.54, 1.807) is 0 Å². The molecule has 1 aliphatic heterocycles. The van der Waals surface area contributed by atoms with Crippen LogP contribution >= 0.6 is 0 Å². The van der Waals surface area contributed by atoms with Gasteiger partial charge in [-0.3, -0.25) is 0 Å². The Hall–Kier alpha value is -0.260. The van der Waals surface area contributed by atoms with E-state index >= 15 is 0 Å². The summed E-state index contributed by atoms with van der Waals surface area (Å²) in [6.45, 7) is 4.56. The fourth-order valence-electron chi connectivity index (χ4n) is 0.604. The van der Waals surface area contributed by atoms with E-state index in [0.29, 0.717) is 0 Å². The molecule has 0 aromatic carbocycles. The molecule has 0 aromatic heterocycles. The topological polar surface area (TPSA) is 58.2 Å². The number of rotatable bonds is 0. The van der Waals surface area contributed by atoms with Crippen molar-refractivity contribution in [2.75, 3.05) is 26.2 Å². The third kappa shape index (κ3) is 7.74. The van der Waals surface area contributed by atoms with Gasteiger partial charge in [-0.2, -0.15) is 8.42 Å². The predicted octanol–water partition coefficient (Wildman–Crippen LogP) is -1.49. The van der Waals surface area contributed by atoms with Gasteiger partial charge in [0.1, 0.15) is 0 Å². The van der Waals surface area contributed by atoms with Gasteiger partial charge >= 0.3 is 11.6 Å². The van der Waals surface area contributed by atoms with Gasteiger partial charge in [0.05, 0.1) is 0 Å². The van der Waals surface area contributed by atoms with Gasteiger partial charge in [0, 0.05) is 26.2 Å². The van der Waals surface area contributed by atoms with Gasteiger partial charge in [0.25, 0.3) is 0 Å². The summed E-state index contributed by atoms with van der Waals surface area (Å²) >= 11 is -0.750. The molecule has 0 amide bonds. The smallest absolute Gasteiger partial charge is 0.314 e. The number of piperazine rings is 1. The Kier molecular flexibility index (Phi) is 7.52. The predicted molar refractivity (Wildman–Crippen MR) is 34.7 cm³/mol. The molecule has 9 heavy (non-hydrogen) atoms. The van der Waals surface area contributed by atoms with E-state index in [2.05, 4.69) is 10.6 Å². The fraction of sp³-hybridized carbons (Fsp3) is 1.00. The minimum absolute atomic E-state index is 0.750. The van der Waals surface area contributed by atoms with Crippen LogP contribution in [0.2, 0.25) is 0 Å². The first-order valence-corrected chi connectivity index (χ1v) is 3.41. The van der Waals surface area contributed by atoms with Gasteiger partial charge in [0.15, 0.2) is 0 Å². The van der Waals surface area contributed by atoms with Crippen LogP contribution < -0.4 is 10.6 Å². The first-order valence-electron chi connectivity index (χ1n) is 2.75. The van der Waals surface area contributed by atoms with Crippen LogP contribution in [0.3, 0.4) is 0 Å². The van der Waals surface area contributed by atoms with Gasteiger partial charge in [0.2, 0.25) is 0 Å². The highest BCUT2D eigenvalue weighted by atomic mass is 32.1. The molecule has 0 bridgehead atoms. The van der Waals surface area contributed by atoms with Crippen LogP contribution in [-0.4, -0.2) is 34.6 Å². The minimum Gasteiger partial charge on any atom is -0.314 e. The first kappa shape index (κ1) is 8.74. The molecule has 1 heterocycles. The molecule has 1 fully saturated rings. The van der Waals surface area contributed by atoms with E-state index in [4.69, 9.17) is 8.42 Å². The van der Waals surface area contributed by atoms with Gasteiger partial charge in [-0.1, -0.05) is 0 Å². The van der Waals surface area contributed by atoms with Gasteiger partial charge in [-0.05, 0) is 0 Å². The highest BCUT2D eigenvalue weighted by Crippen LogP contribution is 1.65. The van der Waals surface area contributed by atoms with E-state index in [9.17, 15) is 0 Å². The largest absolute Gasteiger partial charge is 0.335 e. The molecule has 0 aliphatic carbocycles. The Bertz CT molecular complexity index is 77.1. The zero-order valence-corrected chi connectivity index (χ0v) is 5.87. The summed E-state index contributed by atoms with van der Waals surface area (Å²) < 4.78 is 16.6. The molecule has 1 saturated heterocycles. The lowest BCUT2D eigenvalue weighted by Crippen LogP contribution is -2.39. The van der Waals surface area contributed by atoms with Crippen LogP contribution in [0.5, 0.6) is 0 Å². The standard InChI is InChI=1S/C4H10N2.O2S/c1-2-6-4-3-5-1;1-3-2/h5-6H,1-4H2;. The van der Waals surface area contributed by atoms with Crippen LogP contribution in [0.25, 0.3) is 0 Å². The molecule has 0 spiro atoms. The highest BCUT2D eigenvalue weighted by Gasteiger charge is 1.91. The van der Waals surface area contributed by atoms with Crippen molar-refractivity contribution in [1.29, 1.82) is 0 Å². The van der Waals surface area contributed by atoms with Crippen molar-refractivity contribution in [3.05, 3.63) is 0 Å². The Balaban J connectivity index is 0.000000187. The van der Waals surface area contributed by atoms with Crippen LogP contribution in [0.4, 0.5) is 0 Å². The zero-order chi connectivity index (χ0) is 6.95. The fourth-order valence-corrected chi connectivity index (χ4v) is 0.604. The van der Waals surface area contributed by atoms with E-state index in [1.807, 2.05) is 0 Å². The molecule has 0 radical (unpaired) electrons. The normalized spacial score (nSPS) is 17.3. The van der Waals surface area contributed by atoms with Crippen LogP contribution in [0.1, 0.15) is 0 Å². The molecular formula is C4H10N2O2S. The van der Waals surface area contributed by atoms with Crippen LogP contribution in [-0.2, 0) is 11.6 Å². The third-order valence-corrected chi connectivity index (χ3v) is 0.957. The molecule has 1 rings (SSSR count). The van der Waals surface area contributed by atoms with Crippen LogP contribution in [0.15, 0.2) is 0 Å². The number of hydrogen-bond donors (Lipinski definition) is 2. The maximum absolute atomic E-state index is 8.29. The summed E-state index contributed by atoms with van der Waals surface area (Å²) in [7, 11) is 0. The summed E-state index contributed by atoms with van der Waals surface area (Å²) in [5.41, 5.74) is 0. The molecule has 54 valence electrons. The summed E-state index contributed by atoms with van der Waals surface area (Å²) in [6, 6.07) is 0. The maximum Gasteiger partial charge on any atom is 0.335 e. The number of nitrogens with one attached hydrogen (secondary N) is 2. The second kappa shape index (κ2) is 7.74. The van der Waals surface area contributed by atoms with Gasteiger partial charge in [-0.15, -0.1) is 0 Å². The van der Waals surface area contributed by atoms with Crippen molar-refractivity contribution in [3.8, 4) is 0 Å². The van der Waals surface area contributed by atoms with Crippen molar-refractivity contribution in [2.24, 2.45) is 0 Å². The molecule has 0 unspecified atom stereocenters. The highest BCUT2D eigenvalue weighted by molar-refractivity contribution is 7.51. The van der Waals surface area contributed by atoms with Gasteiger partial charge < -0.3 is 10.6 Å². The average molecular weight is 150 g/mol. The van der Waals surface area contributed by atoms with E-state index in [-0.39, 0.29) is 0 Å². The Labute approximate surface area is 57.6 Å². The molecule has 5 heteroatoms. The first-order chi connectivity index (χ1) is 4.41. The minimum atomic E-state index is -0.750. The Morgan fingerprint density at radius 2 is 1.11 bits per heavy atom. The maximum atomic E-state index is 8.29. The molecular weight excluding hydrogens is 140 g/mol. The molecule has 1 aliphatic rings. The summed E-state index contributed by atoms with van der Waals surface area (Å²) in [5.74, 6) is 0. The van der Waals surface area contributed by atoms with Crippen molar-refractivity contribution in [3.63, 3.8) is 0 Å². The lowest BCUT2D eigenvalue weighted by molar-refractivity contribution is 0.534. The molecule has 2 N–H and O–H groups in total. The lowest BCUT2D eigenvalue weighted by atomic mass is 10.4.